The average molecular weight is 1300 g/mol. The third-order valence-corrected chi connectivity index (χ3v) is 15.7. The number of aryl methyl sites for hydroxylation is 2. The van der Waals surface area contributed by atoms with Crippen LogP contribution in [0.25, 0.3) is 21.5 Å². The summed E-state index contributed by atoms with van der Waals surface area (Å²) in [4.78, 5) is 63.5. The fraction of sp³-hybridized carbons (Fsp3) is 0.0816. The van der Waals surface area contributed by atoms with Crippen molar-refractivity contribution in [3.8, 4) is 0 Å². The van der Waals surface area contributed by atoms with Crippen LogP contribution in [-0.2, 0) is 66.9 Å². The molecule has 6 amide bonds. The first kappa shape index (κ1) is 67.9. The molecule has 6 aromatic carbocycles. The normalized spacial score (nSPS) is 12.1. The van der Waals surface area contributed by atoms with Gasteiger partial charge in [0.2, 0.25) is 0 Å². The molecule has 0 bridgehead atoms. The Morgan fingerprint density at radius 2 is 0.837 bits per heavy atom. The van der Waals surface area contributed by atoms with Gasteiger partial charge in [-0.15, -0.1) is 0 Å². The summed E-state index contributed by atoms with van der Waals surface area (Å²) in [6, 6.07) is 12.8. The minimum atomic E-state index is -5.51. The molecule has 0 aliphatic heterocycles. The van der Waals surface area contributed by atoms with Crippen molar-refractivity contribution in [1.82, 2.24) is 9.13 Å². The number of rotatable bonds is 14. The maximum absolute atomic E-state index is 14.2. The first-order valence-corrected chi connectivity index (χ1v) is 28.6. The van der Waals surface area contributed by atoms with E-state index >= 15 is 0 Å². The smallest absolute Gasteiger partial charge is 0.744 e. The van der Waals surface area contributed by atoms with E-state index in [1.807, 2.05) is 10.6 Å². The number of fused-ring (bicyclic) bond motifs is 2. The van der Waals surface area contributed by atoms with Gasteiger partial charge in [-0.25, -0.2) is 21.6 Å². The molecule has 8 N–H and O–H groups in total. The first-order chi connectivity index (χ1) is 38.8. The molecule has 0 radical (unpaired) electrons. The van der Waals surface area contributed by atoms with E-state index in [2.05, 4.69) is 21.3 Å². The molecule has 0 spiro atoms. The molecule has 0 saturated carbocycles. The SMILES string of the molecule is Cn1cc(NC(=O)c2cc(NC(=O)Nc3cc(C(=O)Nc4cc(C(=O)Nc5ccc6c(S(=O)(=O)O)cccc6c5S(=O)(=O)O)n(C)c4)cc(C(F)(F)F)c3)cc(C(F)(F)F)c2)cc1C(=O)Nc1ccc2c(S(=O)(=O)[O-])cccc2c1S(=O)(=O)[O-].[Na+].[Na+]. The van der Waals surface area contributed by atoms with Crippen molar-refractivity contribution in [2.24, 2.45) is 14.1 Å². The number of nitrogens with zero attached hydrogens (tertiary/aromatic N) is 2. The second-order valence-electron chi connectivity index (χ2n) is 17.9. The van der Waals surface area contributed by atoms with Crippen molar-refractivity contribution in [2.45, 2.75) is 31.9 Å². The first-order valence-electron chi connectivity index (χ1n) is 22.9. The van der Waals surface area contributed by atoms with Crippen molar-refractivity contribution in [2.75, 3.05) is 31.9 Å². The third kappa shape index (κ3) is 15.1. The van der Waals surface area contributed by atoms with E-state index in [0.717, 1.165) is 100 Å². The van der Waals surface area contributed by atoms with Crippen LogP contribution in [0.4, 0.5) is 65.3 Å². The summed E-state index contributed by atoms with van der Waals surface area (Å²) < 4.78 is 229. The molecule has 2 heterocycles. The minimum Gasteiger partial charge on any atom is -0.744 e. The molecule has 0 aliphatic rings. The van der Waals surface area contributed by atoms with Crippen molar-refractivity contribution < 1.29 is 161 Å². The van der Waals surface area contributed by atoms with E-state index in [9.17, 15) is 102 Å². The predicted octanol–water partition coefficient (Wildman–Crippen LogP) is 1.67. The third-order valence-electron chi connectivity index (χ3n) is 12.0. The molecule has 8 aromatic rings. The average Bonchev–Trinajstić information content (AvgIpc) is 0.981. The van der Waals surface area contributed by atoms with E-state index < -0.39 is 163 Å². The van der Waals surface area contributed by atoms with Crippen molar-refractivity contribution in [3.63, 3.8) is 0 Å². The zero-order valence-electron chi connectivity index (χ0n) is 43.9. The number of halogens is 6. The number of benzene rings is 6. The fourth-order valence-electron chi connectivity index (χ4n) is 8.57. The maximum atomic E-state index is 14.2. The van der Waals surface area contributed by atoms with E-state index in [0.29, 0.717) is 30.3 Å². The number of nitrogens with one attached hydrogen (secondary N) is 6. The molecule has 0 unspecified atom stereocenters. The van der Waals surface area contributed by atoms with Crippen LogP contribution >= 0.6 is 0 Å². The maximum Gasteiger partial charge on any atom is 1.00 e. The van der Waals surface area contributed by atoms with Crippen LogP contribution in [0.15, 0.2) is 141 Å². The Hall–Kier alpha value is -7.23. The number of aromatic nitrogens is 2. The summed E-state index contributed by atoms with van der Waals surface area (Å²) in [6.45, 7) is 0. The van der Waals surface area contributed by atoms with Gasteiger partial charge in [-0.3, -0.25) is 28.3 Å². The molecule has 0 fully saturated rings. The van der Waals surface area contributed by atoms with Crippen LogP contribution < -0.4 is 91.0 Å². The van der Waals surface area contributed by atoms with Gasteiger partial charge in [-0.05, 0) is 72.8 Å². The van der Waals surface area contributed by atoms with E-state index in [1.54, 1.807) is 0 Å². The second kappa shape index (κ2) is 24.9. The van der Waals surface area contributed by atoms with Crippen LogP contribution in [-0.4, -0.2) is 90.7 Å². The monoisotopic (exact) mass is 1290 g/mol. The van der Waals surface area contributed by atoms with Gasteiger partial charge < -0.3 is 50.1 Å². The van der Waals surface area contributed by atoms with E-state index in [-0.39, 0.29) is 87.3 Å². The Morgan fingerprint density at radius 1 is 0.442 bits per heavy atom. The molecule has 25 nitrogen and oxygen atoms in total. The Bertz CT molecular complexity index is 4350. The number of hydrogen-bond donors (Lipinski definition) is 8. The largest absolute Gasteiger partial charge is 1.00 e. The van der Waals surface area contributed by atoms with Crippen molar-refractivity contribution >= 4 is 126 Å². The van der Waals surface area contributed by atoms with Crippen molar-refractivity contribution in [1.29, 1.82) is 0 Å². The fourth-order valence-corrected chi connectivity index (χ4v) is 11.7. The van der Waals surface area contributed by atoms with E-state index in [1.165, 1.54) is 14.1 Å². The van der Waals surface area contributed by atoms with Gasteiger partial charge >= 0.3 is 77.5 Å². The Kier molecular flexibility index (Phi) is 19.6. The molecular formula is C49H34F6N8Na2O17S4. The quantitative estimate of drug-likeness (QED) is 0.0436. The summed E-state index contributed by atoms with van der Waals surface area (Å²) in [5.41, 5.74) is -8.73. The molecule has 0 aliphatic carbocycles. The minimum absolute atomic E-state index is 0. The summed E-state index contributed by atoms with van der Waals surface area (Å²) >= 11 is 0. The van der Waals surface area contributed by atoms with Crippen LogP contribution in [0.1, 0.15) is 52.8 Å². The van der Waals surface area contributed by atoms with Gasteiger partial charge in [0.05, 0.1) is 43.7 Å². The van der Waals surface area contributed by atoms with E-state index in [4.69, 9.17) is 0 Å². The predicted molar refractivity (Wildman–Crippen MR) is 282 cm³/mol. The number of carbonyl (C=O) groups excluding carboxylic acids is 5. The molecule has 86 heavy (non-hydrogen) atoms. The number of carbonyl (C=O) groups is 5. The molecule has 2 aromatic heterocycles. The Morgan fingerprint density at radius 3 is 1.22 bits per heavy atom. The zero-order valence-corrected chi connectivity index (χ0v) is 51.1. The number of urea groups is 1. The number of anilines is 6. The van der Waals surface area contributed by atoms with Gasteiger partial charge in [-0.1, -0.05) is 36.4 Å². The summed E-state index contributed by atoms with van der Waals surface area (Å²) in [6.07, 6.45) is -8.25. The van der Waals surface area contributed by atoms with Gasteiger partial charge in [0.25, 0.3) is 43.9 Å². The summed E-state index contributed by atoms with van der Waals surface area (Å²) in [5, 5.41) is 11.0. The number of amides is 6. The molecule has 0 atom stereocenters. The molecule has 37 heteroatoms. The number of hydrogen-bond acceptors (Lipinski definition) is 15. The van der Waals surface area contributed by atoms with Crippen LogP contribution in [0, 0.1) is 0 Å². The molecule has 440 valence electrons. The standard InChI is InChI=1S/C49H36F6N8O17S4.2Na/c1-62-21-29(19-37(62)45(66)60-35-11-9-31-33(41(35)83(75,76)77)5-3-7-39(31)81(69,70)71)56-43(64)23-13-25(48(50,51)52)17-27(15-23)58-47(68)59-28-16-24(14-26(18-28)49(53,54)55)44(65)57-30-20-38(63(2)22-30)46(67)61-36-12-10-32-34(42(36)84(78,79)80)6-4-8-40(32)82(72,73)74;;/h3-22H,1-2H3,(H,56,64)(H,57,65)(H,60,66)(H,61,67)(H2,58,59,68)(H,69,70,71)(H,72,73,74)(H,75,76,77)(H,78,79,80);;/q;2*+1/p-2. The zero-order chi connectivity index (χ0) is 62.0. The topological polar surface area (TPSA) is 391 Å². The van der Waals surface area contributed by atoms with Crippen molar-refractivity contribution in [3.05, 3.63) is 155 Å². The molecular weight excluding hydrogens is 1260 g/mol. The van der Waals surface area contributed by atoms with Crippen LogP contribution in [0.2, 0.25) is 0 Å². The van der Waals surface area contributed by atoms with Crippen LogP contribution in [0.5, 0.6) is 0 Å². The van der Waals surface area contributed by atoms with Gasteiger partial charge in [0.15, 0.2) is 0 Å². The Labute approximate surface area is 525 Å². The number of alkyl halides is 6. The molecule has 0 saturated heterocycles. The second-order valence-corrected chi connectivity index (χ2v) is 23.3. The molecule has 8 rings (SSSR count). The summed E-state index contributed by atoms with van der Waals surface area (Å²) in [7, 11) is -18.4. The van der Waals surface area contributed by atoms with Gasteiger partial charge in [0, 0.05) is 70.5 Å². The Balaban J connectivity index is 0.00000591. The summed E-state index contributed by atoms with van der Waals surface area (Å²) in [5.74, 6) is -4.88. The van der Waals surface area contributed by atoms with Gasteiger partial charge in [0.1, 0.15) is 41.4 Å². The van der Waals surface area contributed by atoms with Crippen LogP contribution in [0.3, 0.4) is 0 Å². The van der Waals surface area contributed by atoms with Gasteiger partial charge in [-0.2, -0.15) is 43.2 Å².